The van der Waals surface area contributed by atoms with Crippen LogP contribution in [-0.2, 0) is 9.13 Å². The summed E-state index contributed by atoms with van der Waals surface area (Å²) in [6.45, 7) is 2.42. The van der Waals surface area contributed by atoms with Crippen molar-refractivity contribution >= 4 is 22.5 Å². The fourth-order valence-corrected chi connectivity index (χ4v) is 0.174. The normalized spacial score (nSPS) is 6.93. The van der Waals surface area contributed by atoms with Crippen molar-refractivity contribution in [1.29, 1.82) is 0 Å². The van der Waals surface area contributed by atoms with Gasteiger partial charge >= 0.3 is 22.5 Å². The molecule has 0 aliphatic carbocycles. The van der Waals surface area contributed by atoms with E-state index in [-0.39, 0.29) is 0 Å². The number of nitrogens with two attached hydrogens (primary N) is 1. The molecule has 0 fully saturated rings. The van der Waals surface area contributed by atoms with Crippen LogP contribution >= 0.6 is 16.5 Å². The van der Waals surface area contributed by atoms with Crippen LogP contribution in [0.4, 0.5) is 4.79 Å². The smallest absolute Gasteiger partial charge is 0.352 e. The predicted octanol–water partition coefficient (Wildman–Crippen LogP) is -1.07. The predicted molar refractivity (Wildman–Crippen MR) is 47.3 cm³/mol. The quantitative estimate of drug-likeness (QED) is 0.321. The standard InChI is InChI=1S/C3H8N2O.2HO3P/c1-2-5-3(4)6;2*1-4(2)3/h2H2,1H3,(H3,4,5,6);2*(H-,1,2,3)/p+2. The van der Waals surface area contributed by atoms with Crippen LogP contribution in [0.3, 0.4) is 0 Å². The molecule has 0 heterocycles. The first-order valence-electron chi connectivity index (χ1n) is 2.97. The third-order valence-corrected chi connectivity index (χ3v) is 0.351. The van der Waals surface area contributed by atoms with E-state index in [0.717, 1.165) is 0 Å². The van der Waals surface area contributed by atoms with E-state index in [0.29, 0.717) is 6.54 Å². The van der Waals surface area contributed by atoms with Gasteiger partial charge in [0.15, 0.2) is 0 Å². The van der Waals surface area contributed by atoms with Crippen molar-refractivity contribution in [3.8, 4) is 0 Å². The highest BCUT2D eigenvalue weighted by atomic mass is 31.1. The average Bonchev–Trinajstić information content (AvgIpc) is 1.82. The number of urea groups is 1. The van der Waals surface area contributed by atoms with Crippen molar-refractivity contribution in [2.75, 3.05) is 6.54 Å². The maximum Gasteiger partial charge on any atom is 0.692 e. The van der Waals surface area contributed by atoms with Crippen LogP contribution in [0.25, 0.3) is 0 Å². The van der Waals surface area contributed by atoms with Crippen molar-refractivity contribution in [1.82, 2.24) is 5.32 Å². The van der Waals surface area contributed by atoms with E-state index in [9.17, 15) is 4.79 Å². The first-order valence-corrected chi connectivity index (χ1v) is 5.30. The molecule has 0 unspecified atom stereocenters. The minimum atomic E-state index is -2.87. The molecule has 0 aromatic heterocycles. The second-order valence-electron chi connectivity index (χ2n) is 1.40. The van der Waals surface area contributed by atoms with E-state index < -0.39 is 22.5 Å². The zero-order chi connectivity index (χ0) is 12.1. The van der Waals surface area contributed by atoms with Gasteiger partial charge in [-0.25, -0.2) is 4.79 Å². The zero-order valence-corrected chi connectivity index (χ0v) is 8.98. The van der Waals surface area contributed by atoms with E-state index >= 15 is 0 Å². The molecule has 7 N–H and O–H groups in total. The summed E-state index contributed by atoms with van der Waals surface area (Å²) in [4.78, 5) is 38.2. The molecule has 0 rings (SSSR count). The fourth-order valence-electron chi connectivity index (χ4n) is 0.174. The van der Waals surface area contributed by atoms with Gasteiger partial charge in [0.1, 0.15) is 0 Å². The first kappa shape index (κ1) is 19.0. The molecule has 14 heavy (non-hydrogen) atoms. The first-order chi connectivity index (χ1) is 6.23. The molecule has 0 aliphatic rings. The highest BCUT2D eigenvalue weighted by Crippen LogP contribution is 1.98. The van der Waals surface area contributed by atoms with Crippen molar-refractivity contribution in [2.24, 2.45) is 5.73 Å². The summed E-state index contributed by atoms with van der Waals surface area (Å²) < 4.78 is 17.4. The number of hydrogen-bond acceptors (Lipinski definition) is 3. The maximum absolute atomic E-state index is 9.71. The van der Waals surface area contributed by atoms with Gasteiger partial charge in [0.25, 0.3) is 0 Å². The van der Waals surface area contributed by atoms with Gasteiger partial charge < -0.3 is 11.1 Å². The van der Waals surface area contributed by atoms with Crippen molar-refractivity contribution in [2.45, 2.75) is 6.92 Å². The molecule has 2 amide bonds. The van der Waals surface area contributed by atoms with E-state index in [4.69, 9.17) is 28.7 Å². The average molecular weight is 250 g/mol. The van der Waals surface area contributed by atoms with Crippen LogP contribution in [0, 0.1) is 0 Å². The lowest BCUT2D eigenvalue weighted by atomic mass is 10.7. The number of rotatable bonds is 1. The van der Waals surface area contributed by atoms with Gasteiger partial charge in [-0.15, -0.1) is 19.6 Å². The number of primary amides is 1. The molecule has 0 bridgehead atoms. The highest BCUT2D eigenvalue weighted by molar-refractivity contribution is 7.31. The van der Waals surface area contributed by atoms with Crippen molar-refractivity contribution < 1.29 is 33.5 Å². The Morgan fingerprint density at radius 3 is 1.43 bits per heavy atom. The van der Waals surface area contributed by atoms with Gasteiger partial charge in [0.2, 0.25) is 0 Å². The lowest BCUT2D eigenvalue weighted by molar-refractivity contribution is 0.249. The molecule has 0 saturated heterocycles. The molecule has 9 nitrogen and oxygen atoms in total. The SMILES string of the molecule is CCNC(N)=O.O=[P+](O)O.O=[P+](O)O. The Bertz CT molecular complexity index is 166. The molecule has 11 heteroatoms. The molecule has 0 aromatic rings. The van der Waals surface area contributed by atoms with Gasteiger partial charge in [-0.05, 0) is 6.92 Å². The number of amides is 2. The molecule has 0 atom stereocenters. The van der Waals surface area contributed by atoms with Crippen LogP contribution in [0.15, 0.2) is 0 Å². The Labute approximate surface area is 81.5 Å². The summed E-state index contributed by atoms with van der Waals surface area (Å²) >= 11 is 0. The van der Waals surface area contributed by atoms with Gasteiger partial charge in [0.05, 0.1) is 0 Å². The zero-order valence-electron chi connectivity index (χ0n) is 7.19. The van der Waals surface area contributed by atoms with Crippen molar-refractivity contribution in [3.05, 3.63) is 0 Å². The summed E-state index contributed by atoms with van der Waals surface area (Å²) in [6.07, 6.45) is 0. The minimum Gasteiger partial charge on any atom is -0.352 e. The maximum atomic E-state index is 9.71. The molecule has 0 aromatic carbocycles. The molecule has 0 spiro atoms. The van der Waals surface area contributed by atoms with Gasteiger partial charge in [-0.2, -0.15) is 0 Å². The second kappa shape index (κ2) is 14.8. The second-order valence-corrected chi connectivity index (χ2v) is 2.41. The Hall–Kier alpha value is -0.690. The number of nitrogens with one attached hydrogen (secondary N) is 1. The molecule has 0 aliphatic heterocycles. The number of hydrogen-bond donors (Lipinski definition) is 6. The third-order valence-electron chi connectivity index (χ3n) is 0.351. The van der Waals surface area contributed by atoms with E-state index in [1.165, 1.54) is 0 Å². The monoisotopic (exact) mass is 250 g/mol. The van der Waals surface area contributed by atoms with E-state index in [1.807, 2.05) is 6.92 Å². The minimum absolute atomic E-state index is 0.461. The molecular weight excluding hydrogens is 238 g/mol. The Morgan fingerprint density at radius 1 is 1.21 bits per heavy atom. The van der Waals surface area contributed by atoms with E-state index in [1.54, 1.807) is 0 Å². The van der Waals surface area contributed by atoms with Crippen LogP contribution in [0.1, 0.15) is 6.92 Å². The lowest BCUT2D eigenvalue weighted by Gasteiger charge is -1.88. The van der Waals surface area contributed by atoms with Crippen LogP contribution in [0.5, 0.6) is 0 Å². The summed E-state index contributed by atoms with van der Waals surface area (Å²) in [5, 5.41) is 2.35. The third kappa shape index (κ3) is 225. The Kier molecular flexibility index (Phi) is 20.1. The van der Waals surface area contributed by atoms with Crippen LogP contribution in [0.2, 0.25) is 0 Å². The fraction of sp³-hybridized carbons (Fsp3) is 0.667. The lowest BCUT2D eigenvalue weighted by Crippen LogP contribution is -2.28. The van der Waals surface area contributed by atoms with Crippen LogP contribution in [-0.4, -0.2) is 32.1 Å². The number of carbonyl (C=O) groups excluding carboxylic acids is 1. The van der Waals surface area contributed by atoms with Gasteiger partial charge in [-0.1, -0.05) is 0 Å². The topological polar surface area (TPSA) is 170 Å². The summed E-state index contributed by atoms with van der Waals surface area (Å²) in [5.74, 6) is 0. The molecule has 0 radical (unpaired) electrons. The summed E-state index contributed by atoms with van der Waals surface area (Å²) in [5.41, 5.74) is 4.65. The molecular formula is C3H12N2O7P2+2. The molecule has 0 saturated carbocycles. The van der Waals surface area contributed by atoms with Gasteiger partial charge in [0, 0.05) is 15.7 Å². The Morgan fingerprint density at radius 2 is 1.43 bits per heavy atom. The summed E-state index contributed by atoms with van der Waals surface area (Å²) in [6, 6.07) is -0.461. The van der Waals surface area contributed by atoms with Crippen molar-refractivity contribution in [3.63, 3.8) is 0 Å². The summed E-state index contributed by atoms with van der Waals surface area (Å²) in [7, 11) is -5.74. The van der Waals surface area contributed by atoms with E-state index in [2.05, 4.69) is 11.1 Å². The number of carbonyl (C=O) groups is 1. The highest BCUT2D eigenvalue weighted by Gasteiger charge is 1.93. The Balaban J connectivity index is -0.000000135. The largest absolute Gasteiger partial charge is 0.692 e. The molecule has 84 valence electrons. The van der Waals surface area contributed by atoms with Crippen LogP contribution < -0.4 is 11.1 Å². The van der Waals surface area contributed by atoms with Gasteiger partial charge in [-0.3, -0.25) is 0 Å².